The number of nitrogen functional groups attached to an aromatic ring is 2. The van der Waals surface area contributed by atoms with E-state index in [0.29, 0.717) is 11.6 Å². The molecule has 0 saturated carbocycles. The summed E-state index contributed by atoms with van der Waals surface area (Å²) in [7, 11) is 0. The van der Waals surface area contributed by atoms with Gasteiger partial charge in [-0.2, -0.15) is 0 Å². The van der Waals surface area contributed by atoms with Gasteiger partial charge in [-0.25, -0.2) is 4.98 Å². The highest BCUT2D eigenvalue weighted by Crippen LogP contribution is 2.32. The molecule has 1 heterocycles. The van der Waals surface area contributed by atoms with Crippen molar-refractivity contribution in [2.75, 3.05) is 11.5 Å². The Morgan fingerprint density at radius 3 is 1.32 bits per heavy atom. The third kappa shape index (κ3) is 2.93. The third-order valence-electron chi connectivity index (χ3n) is 3.80. The van der Waals surface area contributed by atoms with E-state index in [-0.39, 0.29) is 11.8 Å². The number of nitrogens with zero attached hydrogens (tertiary/aromatic N) is 1. The number of rotatable bonds is 2. The zero-order valence-electron chi connectivity index (χ0n) is 12.3. The van der Waals surface area contributed by atoms with Crippen LogP contribution in [0.5, 0.6) is 0 Å². The molecule has 110 valence electrons. The van der Waals surface area contributed by atoms with Crippen molar-refractivity contribution in [1.82, 2.24) is 4.98 Å². The molecule has 3 nitrogen and oxygen atoms in total. The molecule has 3 rings (SSSR count). The van der Waals surface area contributed by atoms with Gasteiger partial charge in [0, 0.05) is 23.0 Å². The summed E-state index contributed by atoms with van der Waals surface area (Å²) in [6, 6.07) is 2.08. The van der Waals surface area contributed by atoms with Crippen LogP contribution in [0.25, 0.3) is 0 Å². The normalized spacial score (nSPS) is 17.8. The molecule has 0 bridgehead atoms. The summed E-state index contributed by atoms with van der Waals surface area (Å²) in [4.78, 5) is 4.36. The van der Waals surface area contributed by atoms with Crippen LogP contribution < -0.4 is 11.5 Å². The van der Waals surface area contributed by atoms with Gasteiger partial charge in [-0.05, 0) is 6.07 Å². The van der Waals surface area contributed by atoms with Crippen LogP contribution in [-0.4, -0.2) is 4.98 Å². The highest BCUT2D eigenvalue weighted by Gasteiger charge is 2.17. The van der Waals surface area contributed by atoms with Crippen LogP contribution in [-0.2, 0) is 0 Å². The lowest BCUT2D eigenvalue weighted by Gasteiger charge is -2.17. The number of anilines is 2. The lowest BCUT2D eigenvalue weighted by atomic mass is 9.92. The van der Waals surface area contributed by atoms with Crippen molar-refractivity contribution in [2.45, 2.75) is 11.8 Å². The second-order valence-corrected chi connectivity index (χ2v) is 5.30. The van der Waals surface area contributed by atoms with Gasteiger partial charge in [0.15, 0.2) is 0 Å². The molecular weight excluding hydrogens is 270 g/mol. The second kappa shape index (κ2) is 6.31. The molecular formula is C19H19N3. The topological polar surface area (TPSA) is 64.9 Å². The summed E-state index contributed by atoms with van der Waals surface area (Å²) >= 11 is 0. The fourth-order valence-corrected chi connectivity index (χ4v) is 2.64. The summed E-state index contributed by atoms with van der Waals surface area (Å²) in [6.45, 7) is 0. The van der Waals surface area contributed by atoms with Gasteiger partial charge >= 0.3 is 0 Å². The first-order chi connectivity index (χ1) is 10.8. The second-order valence-electron chi connectivity index (χ2n) is 5.30. The molecule has 1 aromatic heterocycles. The van der Waals surface area contributed by atoms with Gasteiger partial charge in [0.05, 0.1) is 0 Å². The lowest BCUT2D eigenvalue weighted by Crippen LogP contribution is -2.08. The number of allylic oxidation sites excluding steroid dienone is 12. The summed E-state index contributed by atoms with van der Waals surface area (Å²) < 4.78 is 0. The van der Waals surface area contributed by atoms with Crippen molar-refractivity contribution in [3.8, 4) is 0 Å². The van der Waals surface area contributed by atoms with Gasteiger partial charge in [0.1, 0.15) is 11.6 Å². The Morgan fingerprint density at radius 1 is 0.591 bits per heavy atom. The lowest BCUT2D eigenvalue weighted by molar-refractivity contribution is 1.01. The molecule has 0 radical (unpaired) electrons. The fraction of sp³-hybridized carbons (Fsp3) is 0.105. The molecule has 0 atom stereocenters. The minimum Gasteiger partial charge on any atom is -0.383 e. The van der Waals surface area contributed by atoms with Crippen LogP contribution >= 0.6 is 0 Å². The van der Waals surface area contributed by atoms with Crippen molar-refractivity contribution < 1.29 is 0 Å². The van der Waals surface area contributed by atoms with E-state index in [9.17, 15) is 0 Å². The largest absolute Gasteiger partial charge is 0.383 e. The zero-order valence-corrected chi connectivity index (χ0v) is 12.3. The molecule has 0 aromatic carbocycles. The molecule has 0 aliphatic heterocycles. The molecule has 4 N–H and O–H groups in total. The summed E-state index contributed by atoms with van der Waals surface area (Å²) in [5, 5.41) is 0. The molecule has 1 aromatic rings. The number of pyridine rings is 1. The predicted molar refractivity (Wildman–Crippen MR) is 93.4 cm³/mol. The molecule has 0 unspecified atom stereocenters. The van der Waals surface area contributed by atoms with Crippen LogP contribution in [0.4, 0.5) is 11.6 Å². The van der Waals surface area contributed by atoms with E-state index in [0.717, 1.165) is 11.1 Å². The average Bonchev–Trinajstić information content (AvgIpc) is 2.92. The summed E-state index contributed by atoms with van der Waals surface area (Å²) in [5.41, 5.74) is 14.2. The van der Waals surface area contributed by atoms with E-state index in [2.05, 4.69) is 35.4 Å². The smallest absolute Gasteiger partial charge is 0.129 e. The van der Waals surface area contributed by atoms with Gasteiger partial charge < -0.3 is 11.5 Å². The Kier molecular flexibility index (Phi) is 4.05. The van der Waals surface area contributed by atoms with E-state index in [1.807, 2.05) is 48.6 Å². The summed E-state index contributed by atoms with van der Waals surface area (Å²) in [6.07, 6.45) is 24.5. The first-order valence-corrected chi connectivity index (χ1v) is 7.35. The predicted octanol–water partition coefficient (Wildman–Crippen LogP) is 3.78. The van der Waals surface area contributed by atoms with Crippen molar-refractivity contribution in [3.05, 3.63) is 90.1 Å². The maximum Gasteiger partial charge on any atom is 0.129 e. The van der Waals surface area contributed by atoms with Crippen molar-refractivity contribution in [3.63, 3.8) is 0 Å². The van der Waals surface area contributed by atoms with Crippen molar-refractivity contribution in [1.29, 1.82) is 0 Å². The Hall–Kier alpha value is -2.81. The van der Waals surface area contributed by atoms with Crippen molar-refractivity contribution in [2.24, 2.45) is 0 Å². The van der Waals surface area contributed by atoms with E-state index in [1.54, 1.807) is 0 Å². The Balaban J connectivity index is 2.03. The van der Waals surface area contributed by atoms with Crippen LogP contribution in [0.1, 0.15) is 23.0 Å². The van der Waals surface area contributed by atoms with Crippen LogP contribution in [0.3, 0.4) is 0 Å². The fourth-order valence-electron chi connectivity index (χ4n) is 2.64. The van der Waals surface area contributed by atoms with E-state index in [4.69, 9.17) is 11.5 Å². The first kappa shape index (κ1) is 14.1. The van der Waals surface area contributed by atoms with Crippen LogP contribution in [0.15, 0.2) is 79.0 Å². The summed E-state index contributed by atoms with van der Waals surface area (Å²) in [5.74, 6) is 1.20. The maximum atomic E-state index is 6.10. The maximum absolute atomic E-state index is 6.10. The molecule has 3 heteroatoms. The number of hydrogen-bond acceptors (Lipinski definition) is 3. The highest BCUT2D eigenvalue weighted by molar-refractivity contribution is 5.58. The molecule has 0 fully saturated rings. The van der Waals surface area contributed by atoms with Gasteiger partial charge in [-0.15, -0.1) is 0 Å². The van der Waals surface area contributed by atoms with Gasteiger partial charge in [-0.1, -0.05) is 72.9 Å². The molecule has 2 aliphatic carbocycles. The quantitative estimate of drug-likeness (QED) is 0.870. The van der Waals surface area contributed by atoms with Crippen molar-refractivity contribution >= 4 is 11.6 Å². The van der Waals surface area contributed by atoms with E-state index in [1.165, 1.54) is 0 Å². The molecule has 2 aliphatic rings. The SMILES string of the molecule is Nc1nc(N)c(C2C=CC=CC=C2)cc1C1C=CC=CC=C1. The number of nitrogens with two attached hydrogens (primary N) is 2. The Morgan fingerprint density at radius 2 is 0.955 bits per heavy atom. The van der Waals surface area contributed by atoms with Crippen LogP contribution in [0, 0.1) is 0 Å². The van der Waals surface area contributed by atoms with Gasteiger partial charge in [-0.3, -0.25) is 0 Å². The first-order valence-electron chi connectivity index (χ1n) is 7.35. The van der Waals surface area contributed by atoms with E-state index >= 15 is 0 Å². The molecule has 0 amide bonds. The zero-order chi connectivity index (χ0) is 15.4. The average molecular weight is 289 g/mol. The van der Waals surface area contributed by atoms with Crippen LogP contribution in [0.2, 0.25) is 0 Å². The molecule has 22 heavy (non-hydrogen) atoms. The number of hydrogen-bond donors (Lipinski definition) is 2. The van der Waals surface area contributed by atoms with E-state index < -0.39 is 0 Å². The minimum atomic E-state index is 0.110. The third-order valence-corrected chi connectivity index (χ3v) is 3.80. The minimum absolute atomic E-state index is 0.110. The molecule has 0 saturated heterocycles. The molecule has 0 spiro atoms. The van der Waals surface area contributed by atoms with Gasteiger partial charge in [0.2, 0.25) is 0 Å². The Bertz CT molecular complexity index is 642. The Labute approximate surface area is 130 Å². The monoisotopic (exact) mass is 289 g/mol. The highest BCUT2D eigenvalue weighted by atomic mass is 14.9. The number of aromatic nitrogens is 1. The standard InChI is InChI=1S/C19H19N3/c20-18-16(14-9-5-1-2-6-10-14)13-17(19(21)22-18)15-11-7-3-4-8-12-15/h1-15H,(H4,20,21,22). The van der Waals surface area contributed by atoms with Gasteiger partial charge in [0.25, 0.3) is 0 Å².